The van der Waals surface area contributed by atoms with Gasteiger partial charge in [0.15, 0.2) is 0 Å². The fraction of sp³-hybridized carbons (Fsp3) is 0.294. The molecule has 1 aliphatic rings. The summed E-state index contributed by atoms with van der Waals surface area (Å²) in [4.78, 5) is 14.7. The van der Waals surface area contributed by atoms with Gasteiger partial charge < -0.3 is 4.90 Å². The van der Waals surface area contributed by atoms with Gasteiger partial charge in [-0.15, -0.1) is 6.58 Å². The molecule has 1 atom stereocenters. The Morgan fingerprint density at radius 1 is 1.22 bits per heavy atom. The van der Waals surface area contributed by atoms with E-state index in [0.717, 1.165) is 25.8 Å². The van der Waals surface area contributed by atoms with Gasteiger partial charge in [0.1, 0.15) is 5.02 Å². The molecule has 4 nitrogen and oxygen atoms in total. The normalized spacial score (nSPS) is 18.0. The molecule has 0 aliphatic carbocycles. The molecule has 1 aromatic carbocycles. The Morgan fingerprint density at radius 2 is 1.96 bits per heavy atom. The van der Waals surface area contributed by atoms with E-state index < -0.39 is 0 Å². The first-order chi connectivity index (χ1) is 11.1. The Morgan fingerprint density at radius 3 is 2.65 bits per heavy atom. The lowest BCUT2D eigenvalue weighted by molar-refractivity contribution is 0.513. The largest absolute Gasteiger partial charge is 0.362 e. The van der Waals surface area contributed by atoms with Crippen LogP contribution in [0, 0.1) is 0 Å². The summed E-state index contributed by atoms with van der Waals surface area (Å²) in [6.07, 6.45) is 6.79. The van der Waals surface area contributed by atoms with Crippen LogP contribution in [-0.2, 0) is 0 Å². The van der Waals surface area contributed by atoms with Crippen molar-refractivity contribution in [2.45, 2.75) is 25.3 Å². The van der Waals surface area contributed by atoms with Crippen molar-refractivity contribution in [3.8, 4) is 5.69 Å². The second kappa shape index (κ2) is 6.77. The second-order valence-electron chi connectivity index (χ2n) is 5.53. The maximum absolute atomic E-state index is 12.6. The molecule has 1 aromatic heterocycles. The average Bonchev–Trinajstić information content (AvgIpc) is 2.58. The molecule has 0 radical (unpaired) electrons. The van der Waals surface area contributed by atoms with Crippen molar-refractivity contribution in [1.29, 1.82) is 0 Å². The van der Waals surface area contributed by atoms with Crippen molar-refractivity contribution < 1.29 is 0 Å². The Hall–Kier alpha value is -1.78. The summed E-state index contributed by atoms with van der Waals surface area (Å²) in [6.45, 7) is 4.73. The van der Waals surface area contributed by atoms with E-state index >= 15 is 0 Å². The molecule has 0 spiro atoms. The maximum atomic E-state index is 12.6. The summed E-state index contributed by atoms with van der Waals surface area (Å²) in [5, 5.41) is 5.07. The van der Waals surface area contributed by atoms with Gasteiger partial charge in [-0.25, -0.2) is 0 Å². The molecule has 1 saturated heterocycles. The first kappa shape index (κ1) is 16.1. The summed E-state index contributed by atoms with van der Waals surface area (Å²) in [5.41, 5.74) is 0.970. The van der Waals surface area contributed by atoms with E-state index in [0.29, 0.717) is 16.4 Å². The van der Waals surface area contributed by atoms with Gasteiger partial charge in [-0.05, 0) is 43.5 Å². The Labute approximate surface area is 144 Å². The average molecular weight is 350 g/mol. The van der Waals surface area contributed by atoms with Crippen LogP contribution in [0.25, 0.3) is 5.69 Å². The molecule has 0 unspecified atom stereocenters. The number of piperidine rings is 1. The highest BCUT2D eigenvalue weighted by Crippen LogP contribution is 2.29. The SMILES string of the molecule is C=C[C@@H]1CCCCN1c1cnn(-c2ccc(Cl)cc2)c(=O)c1Cl. The number of rotatable bonds is 3. The Kier molecular flexibility index (Phi) is 4.74. The topological polar surface area (TPSA) is 38.1 Å². The second-order valence-corrected chi connectivity index (χ2v) is 6.34. The minimum absolute atomic E-state index is 0.184. The highest BCUT2D eigenvalue weighted by atomic mass is 35.5. The number of benzene rings is 1. The molecule has 1 aliphatic heterocycles. The number of hydrogen-bond donors (Lipinski definition) is 0. The van der Waals surface area contributed by atoms with Crippen LogP contribution in [0.15, 0.2) is 47.9 Å². The summed E-state index contributed by atoms with van der Waals surface area (Å²) >= 11 is 12.2. The third kappa shape index (κ3) is 3.14. The van der Waals surface area contributed by atoms with Crippen molar-refractivity contribution in [3.05, 3.63) is 63.5 Å². The van der Waals surface area contributed by atoms with Crippen molar-refractivity contribution in [2.24, 2.45) is 0 Å². The van der Waals surface area contributed by atoms with Crippen molar-refractivity contribution >= 4 is 28.9 Å². The highest BCUT2D eigenvalue weighted by molar-refractivity contribution is 6.33. The molecule has 120 valence electrons. The highest BCUT2D eigenvalue weighted by Gasteiger charge is 2.24. The lowest BCUT2D eigenvalue weighted by Crippen LogP contribution is -2.39. The van der Waals surface area contributed by atoms with Crippen LogP contribution in [0.1, 0.15) is 19.3 Å². The van der Waals surface area contributed by atoms with Crippen LogP contribution in [-0.4, -0.2) is 22.4 Å². The molecule has 0 N–H and O–H groups in total. The van der Waals surface area contributed by atoms with Gasteiger partial charge in [-0.2, -0.15) is 9.78 Å². The Bertz CT molecular complexity index is 770. The van der Waals surface area contributed by atoms with E-state index in [1.165, 1.54) is 4.68 Å². The number of anilines is 1. The zero-order valence-corrected chi connectivity index (χ0v) is 14.1. The molecule has 0 bridgehead atoms. The minimum atomic E-state index is -0.333. The van der Waals surface area contributed by atoms with Crippen molar-refractivity contribution in [2.75, 3.05) is 11.4 Å². The minimum Gasteiger partial charge on any atom is -0.362 e. The summed E-state index contributed by atoms with van der Waals surface area (Å²) in [5.74, 6) is 0. The number of nitrogens with zero attached hydrogens (tertiary/aromatic N) is 3. The van der Waals surface area contributed by atoms with Gasteiger partial charge in [0.25, 0.3) is 5.56 Å². The summed E-state index contributed by atoms with van der Waals surface area (Å²) in [6, 6.07) is 7.09. The molecule has 2 aromatic rings. The van der Waals surface area contributed by atoms with Crippen molar-refractivity contribution in [1.82, 2.24) is 9.78 Å². The van der Waals surface area contributed by atoms with Crippen LogP contribution < -0.4 is 10.5 Å². The molecule has 6 heteroatoms. The third-order valence-electron chi connectivity index (χ3n) is 4.10. The summed E-state index contributed by atoms with van der Waals surface area (Å²) in [7, 11) is 0. The van der Waals surface area contributed by atoms with E-state index in [1.54, 1.807) is 30.5 Å². The van der Waals surface area contributed by atoms with Crippen molar-refractivity contribution in [3.63, 3.8) is 0 Å². The van der Waals surface area contributed by atoms with Gasteiger partial charge >= 0.3 is 0 Å². The molecule has 1 fully saturated rings. The van der Waals surface area contributed by atoms with Gasteiger partial charge in [0.2, 0.25) is 0 Å². The van der Waals surface area contributed by atoms with Crippen LogP contribution in [0.3, 0.4) is 0 Å². The zero-order valence-electron chi connectivity index (χ0n) is 12.6. The van der Waals surface area contributed by atoms with Gasteiger partial charge in [-0.3, -0.25) is 4.79 Å². The zero-order chi connectivity index (χ0) is 16.4. The van der Waals surface area contributed by atoms with E-state index in [-0.39, 0.29) is 16.6 Å². The number of aromatic nitrogens is 2. The monoisotopic (exact) mass is 349 g/mol. The molecule has 3 rings (SSSR count). The summed E-state index contributed by atoms with van der Waals surface area (Å²) < 4.78 is 1.29. The number of halogens is 2. The molecule has 0 amide bonds. The molecular formula is C17H17Cl2N3O. The molecular weight excluding hydrogens is 333 g/mol. The van der Waals surface area contributed by atoms with Crippen LogP contribution >= 0.6 is 23.2 Å². The van der Waals surface area contributed by atoms with Crippen LogP contribution in [0.2, 0.25) is 10.0 Å². The van der Waals surface area contributed by atoms with Gasteiger partial charge in [0, 0.05) is 17.6 Å². The molecule has 2 heterocycles. The fourth-order valence-electron chi connectivity index (χ4n) is 2.89. The van der Waals surface area contributed by atoms with E-state index in [4.69, 9.17) is 23.2 Å². The van der Waals surface area contributed by atoms with E-state index in [9.17, 15) is 4.79 Å². The lowest BCUT2D eigenvalue weighted by Gasteiger charge is -2.35. The standard InChI is InChI=1S/C17H17Cl2N3O/c1-2-13-5-3-4-10-21(13)15-11-20-22(17(23)16(15)19)14-8-6-12(18)7-9-14/h2,6-9,11,13H,1,3-5,10H2/t13-/m1/s1. The van der Waals surface area contributed by atoms with Crippen LogP contribution in [0.4, 0.5) is 5.69 Å². The van der Waals surface area contributed by atoms with Crippen LogP contribution in [0.5, 0.6) is 0 Å². The smallest absolute Gasteiger partial charge is 0.292 e. The predicted molar refractivity (Wildman–Crippen MR) is 95.0 cm³/mol. The lowest BCUT2D eigenvalue weighted by atomic mass is 10.0. The van der Waals surface area contributed by atoms with Gasteiger partial charge in [0.05, 0.1) is 17.6 Å². The first-order valence-corrected chi connectivity index (χ1v) is 8.30. The van der Waals surface area contributed by atoms with E-state index in [2.05, 4.69) is 16.6 Å². The quantitative estimate of drug-likeness (QED) is 0.783. The maximum Gasteiger partial charge on any atom is 0.292 e. The molecule has 0 saturated carbocycles. The predicted octanol–water partition coefficient (Wildman–Crippen LogP) is 4.08. The Balaban J connectivity index is 2.02. The van der Waals surface area contributed by atoms with Gasteiger partial charge in [-0.1, -0.05) is 29.3 Å². The number of hydrogen-bond acceptors (Lipinski definition) is 3. The third-order valence-corrected chi connectivity index (χ3v) is 4.71. The molecule has 23 heavy (non-hydrogen) atoms. The van der Waals surface area contributed by atoms with E-state index in [1.807, 2.05) is 6.08 Å². The fourth-order valence-corrected chi connectivity index (χ4v) is 3.26. The first-order valence-electron chi connectivity index (χ1n) is 7.55.